The number of likely N-dealkylation sites (tertiary alicyclic amines) is 1. The summed E-state index contributed by atoms with van der Waals surface area (Å²) in [7, 11) is 0. The number of aliphatic carboxylic acids is 1. The van der Waals surface area contributed by atoms with Crippen molar-refractivity contribution in [2.24, 2.45) is 17.8 Å². The van der Waals surface area contributed by atoms with Crippen LogP contribution in [0.3, 0.4) is 0 Å². The molecule has 5 heteroatoms. The second-order valence-corrected chi connectivity index (χ2v) is 6.83. The molecule has 0 radical (unpaired) electrons. The van der Waals surface area contributed by atoms with E-state index in [1.54, 1.807) is 4.90 Å². The van der Waals surface area contributed by atoms with E-state index in [4.69, 9.17) is 0 Å². The predicted octanol–water partition coefficient (Wildman–Crippen LogP) is 2.66. The number of benzene rings is 1. The summed E-state index contributed by atoms with van der Waals surface area (Å²) in [6.45, 7) is 2.80. The highest BCUT2D eigenvalue weighted by molar-refractivity contribution is 6.08. The normalized spacial score (nSPS) is 24.3. The zero-order valence-electron chi connectivity index (χ0n) is 13.1. The fourth-order valence-electron chi connectivity index (χ4n) is 3.97. The largest absolute Gasteiger partial charge is 0.481 e. The number of hydrogen-bond donors (Lipinski definition) is 2. The number of fused-ring (bicyclic) bond motifs is 1. The van der Waals surface area contributed by atoms with E-state index in [1.165, 1.54) is 0 Å². The van der Waals surface area contributed by atoms with Crippen molar-refractivity contribution >= 4 is 22.8 Å². The lowest BCUT2D eigenvalue weighted by Crippen LogP contribution is -2.30. The zero-order valence-corrected chi connectivity index (χ0v) is 13.1. The number of carboxylic acids is 1. The molecule has 0 bridgehead atoms. The van der Waals surface area contributed by atoms with Crippen molar-refractivity contribution in [2.45, 2.75) is 19.8 Å². The van der Waals surface area contributed by atoms with Gasteiger partial charge in [0.05, 0.1) is 11.5 Å². The number of nitrogens with one attached hydrogen (secondary N) is 1. The first-order chi connectivity index (χ1) is 11.1. The molecule has 0 spiro atoms. The molecule has 1 aromatic carbocycles. The van der Waals surface area contributed by atoms with Gasteiger partial charge in [0.25, 0.3) is 5.91 Å². The minimum atomic E-state index is -0.771. The Kier molecular flexibility index (Phi) is 3.18. The number of hydrogen-bond acceptors (Lipinski definition) is 2. The maximum absolute atomic E-state index is 13.0. The van der Waals surface area contributed by atoms with Crippen LogP contribution in [0.25, 0.3) is 10.9 Å². The first kappa shape index (κ1) is 14.3. The molecule has 2 heterocycles. The molecule has 2 aromatic rings. The molecule has 4 rings (SSSR count). The first-order valence-electron chi connectivity index (χ1n) is 8.15. The van der Waals surface area contributed by atoms with Gasteiger partial charge in [-0.15, -0.1) is 0 Å². The summed E-state index contributed by atoms with van der Waals surface area (Å²) in [5.74, 6) is -0.640. The Bertz CT molecular complexity index is 791. The van der Waals surface area contributed by atoms with Crippen LogP contribution in [-0.2, 0) is 4.79 Å². The highest BCUT2D eigenvalue weighted by Crippen LogP contribution is 2.44. The summed E-state index contributed by atoms with van der Waals surface area (Å²) in [6.07, 6.45) is 2.20. The topological polar surface area (TPSA) is 73.4 Å². The number of aryl methyl sites for hydroxylation is 1. The van der Waals surface area contributed by atoms with Gasteiger partial charge in [0.15, 0.2) is 0 Å². The highest BCUT2D eigenvalue weighted by atomic mass is 16.4. The van der Waals surface area contributed by atoms with Crippen molar-refractivity contribution in [1.82, 2.24) is 9.88 Å². The van der Waals surface area contributed by atoms with Gasteiger partial charge in [-0.3, -0.25) is 9.59 Å². The van der Waals surface area contributed by atoms with Gasteiger partial charge in [-0.2, -0.15) is 0 Å². The first-order valence-corrected chi connectivity index (χ1v) is 8.15. The number of aromatic amines is 1. The van der Waals surface area contributed by atoms with E-state index in [-0.39, 0.29) is 11.8 Å². The van der Waals surface area contributed by atoms with Crippen molar-refractivity contribution in [1.29, 1.82) is 0 Å². The number of rotatable bonds is 3. The van der Waals surface area contributed by atoms with Gasteiger partial charge >= 0.3 is 5.97 Å². The quantitative estimate of drug-likeness (QED) is 0.915. The molecule has 5 nitrogen and oxygen atoms in total. The number of para-hydroxylation sites is 1. The summed E-state index contributed by atoms with van der Waals surface area (Å²) >= 11 is 0. The molecule has 1 saturated heterocycles. The molecule has 2 atom stereocenters. The summed E-state index contributed by atoms with van der Waals surface area (Å²) < 4.78 is 0. The number of carboxylic acid groups (broad SMARTS) is 1. The van der Waals surface area contributed by atoms with Crippen LogP contribution < -0.4 is 0 Å². The minimum Gasteiger partial charge on any atom is -0.481 e. The van der Waals surface area contributed by atoms with E-state index in [2.05, 4.69) is 4.98 Å². The van der Waals surface area contributed by atoms with Gasteiger partial charge in [-0.25, -0.2) is 0 Å². The smallest absolute Gasteiger partial charge is 0.308 e. The summed E-state index contributed by atoms with van der Waals surface area (Å²) in [5, 5.41) is 10.4. The fourth-order valence-corrected chi connectivity index (χ4v) is 3.97. The van der Waals surface area contributed by atoms with Gasteiger partial charge in [-0.1, -0.05) is 18.2 Å². The van der Waals surface area contributed by atoms with E-state index in [0.717, 1.165) is 29.4 Å². The number of aromatic nitrogens is 1. The van der Waals surface area contributed by atoms with Gasteiger partial charge in [-0.05, 0) is 37.7 Å². The van der Waals surface area contributed by atoms with E-state index in [9.17, 15) is 14.7 Å². The average Bonchev–Trinajstić information content (AvgIpc) is 3.17. The SMILES string of the molecule is Cc1[nH]c2ccccc2c1C(=O)N1C[C@H](C(=O)O)[C@@H](C2CC2)C1. The summed E-state index contributed by atoms with van der Waals surface area (Å²) in [5.41, 5.74) is 2.47. The number of H-pyrrole nitrogens is 1. The van der Waals surface area contributed by atoms with Crippen LogP contribution in [-0.4, -0.2) is 40.0 Å². The lowest BCUT2D eigenvalue weighted by molar-refractivity contribution is -0.142. The number of carbonyl (C=O) groups is 2. The van der Waals surface area contributed by atoms with E-state index in [0.29, 0.717) is 24.6 Å². The van der Waals surface area contributed by atoms with Crippen molar-refractivity contribution in [3.8, 4) is 0 Å². The van der Waals surface area contributed by atoms with Crippen molar-refractivity contribution in [3.63, 3.8) is 0 Å². The Morgan fingerprint density at radius 2 is 1.96 bits per heavy atom. The number of carbonyl (C=O) groups excluding carboxylic acids is 1. The molecule has 1 amide bonds. The zero-order chi connectivity index (χ0) is 16.1. The Balaban J connectivity index is 1.66. The molecular formula is C18H20N2O3. The monoisotopic (exact) mass is 312 g/mol. The van der Waals surface area contributed by atoms with Crippen LogP contribution in [0.4, 0.5) is 0 Å². The minimum absolute atomic E-state index is 0.0469. The molecule has 1 aliphatic heterocycles. The lowest BCUT2D eigenvalue weighted by Gasteiger charge is -2.16. The van der Waals surface area contributed by atoms with Gasteiger partial charge in [0.1, 0.15) is 0 Å². The van der Waals surface area contributed by atoms with Crippen LogP contribution >= 0.6 is 0 Å². The number of nitrogens with zero attached hydrogens (tertiary/aromatic N) is 1. The predicted molar refractivity (Wildman–Crippen MR) is 86.3 cm³/mol. The van der Waals surface area contributed by atoms with E-state index >= 15 is 0 Å². The third-order valence-electron chi connectivity index (χ3n) is 5.30. The maximum Gasteiger partial charge on any atom is 0.308 e. The highest BCUT2D eigenvalue weighted by Gasteiger charge is 2.47. The van der Waals surface area contributed by atoms with Gasteiger partial charge in [0.2, 0.25) is 0 Å². The Labute approximate surface area is 134 Å². The summed E-state index contributed by atoms with van der Waals surface area (Å²) in [4.78, 5) is 29.5. The molecule has 1 aliphatic carbocycles. The molecule has 2 aliphatic rings. The van der Waals surface area contributed by atoms with Crippen molar-refractivity contribution in [2.75, 3.05) is 13.1 Å². The molecule has 2 fully saturated rings. The molecule has 23 heavy (non-hydrogen) atoms. The second-order valence-electron chi connectivity index (χ2n) is 6.83. The molecule has 0 unspecified atom stereocenters. The van der Waals surface area contributed by atoms with Crippen molar-refractivity contribution < 1.29 is 14.7 Å². The molecule has 120 valence electrons. The lowest BCUT2D eigenvalue weighted by atomic mass is 9.92. The molecular weight excluding hydrogens is 292 g/mol. The van der Waals surface area contributed by atoms with Gasteiger partial charge in [0, 0.05) is 29.7 Å². The fraction of sp³-hybridized carbons (Fsp3) is 0.444. The van der Waals surface area contributed by atoms with E-state index in [1.807, 2.05) is 31.2 Å². The second kappa shape index (κ2) is 5.11. The average molecular weight is 312 g/mol. The Hall–Kier alpha value is -2.30. The maximum atomic E-state index is 13.0. The van der Waals surface area contributed by atoms with Crippen LogP contribution in [0.1, 0.15) is 28.9 Å². The standard InChI is InChI=1S/C18H20N2O3/c1-10-16(12-4-2-3-5-15(12)19-10)17(21)20-8-13(11-6-7-11)14(9-20)18(22)23/h2-5,11,13-14,19H,6-9H2,1H3,(H,22,23)/t13-,14+/m1/s1. The van der Waals surface area contributed by atoms with Crippen LogP contribution in [0, 0.1) is 24.7 Å². The molecule has 1 aromatic heterocycles. The van der Waals surface area contributed by atoms with Crippen LogP contribution in [0.15, 0.2) is 24.3 Å². The molecule has 1 saturated carbocycles. The molecule has 2 N–H and O–H groups in total. The van der Waals surface area contributed by atoms with Gasteiger partial charge < -0.3 is 15.0 Å². The third-order valence-corrected chi connectivity index (χ3v) is 5.30. The summed E-state index contributed by atoms with van der Waals surface area (Å²) in [6, 6.07) is 7.75. The van der Waals surface area contributed by atoms with Crippen LogP contribution in [0.2, 0.25) is 0 Å². The third kappa shape index (κ3) is 2.31. The Morgan fingerprint density at radius 3 is 2.65 bits per heavy atom. The van der Waals surface area contributed by atoms with Crippen molar-refractivity contribution in [3.05, 3.63) is 35.5 Å². The van der Waals surface area contributed by atoms with Crippen LogP contribution in [0.5, 0.6) is 0 Å². The Morgan fingerprint density at radius 1 is 1.22 bits per heavy atom. The van der Waals surface area contributed by atoms with E-state index < -0.39 is 11.9 Å². The number of amides is 1.